The Labute approximate surface area is 118 Å². The largest absolute Gasteiger partial charge is 0.379 e. The second-order valence-electron chi connectivity index (χ2n) is 4.40. The number of hydrogen-bond donors (Lipinski definition) is 0. The lowest BCUT2D eigenvalue weighted by atomic mass is 10.2. The van der Waals surface area contributed by atoms with E-state index >= 15 is 0 Å². The first kappa shape index (κ1) is 14.7. The van der Waals surface area contributed by atoms with E-state index in [0.717, 1.165) is 5.56 Å². The molecular formula is C12H17ClN2O3S. The van der Waals surface area contributed by atoms with Crippen LogP contribution in [0.2, 0.25) is 5.02 Å². The van der Waals surface area contributed by atoms with Gasteiger partial charge in [0.15, 0.2) is 0 Å². The Balaban J connectivity index is 2.05. The van der Waals surface area contributed by atoms with E-state index in [2.05, 4.69) is 0 Å². The molecule has 1 fully saturated rings. The van der Waals surface area contributed by atoms with E-state index in [4.69, 9.17) is 16.3 Å². The summed E-state index contributed by atoms with van der Waals surface area (Å²) in [5.41, 5.74) is 0.906. The average molecular weight is 305 g/mol. The van der Waals surface area contributed by atoms with Crippen molar-refractivity contribution in [1.82, 2.24) is 8.61 Å². The van der Waals surface area contributed by atoms with E-state index < -0.39 is 10.2 Å². The highest BCUT2D eigenvalue weighted by molar-refractivity contribution is 7.86. The van der Waals surface area contributed by atoms with Gasteiger partial charge in [-0.05, 0) is 17.7 Å². The molecule has 0 bridgehead atoms. The molecule has 0 N–H and O–H groups in total. The van der Waals surface area contributed by atoms with Crippen LogP contribution in [0.25, 0.3) is 0 Å². The van der Waals surface area contributed by atoms with Crippen molar-refractivity contribution in [3.8, 4) is 0 Å². The molecule has 1 aliphatic rings. The zero-order chi connectivity index (χ0) is 13.9. The summed E-state index contributed by atoms with van der Waals surface area (Å²) < 4.78 is 32.6. The summed E-state index contributed by atoms with van der Waals surface area (Å²) in [7, 11) is -1.83. The Hall–Kier alpha value is -0.660. The summed E-state index contributed by atoms with van der Waals surface area (Å²) in [6.45, 7) is 2.06. The van der Waals surface area contributed by atoms with Crippen LogP contribution >= 0.6 is 11.6 Å². The maximum Gasteiger partial charge on any atom is 0.282 e. The van der Waals surface area contributed by atoms with Crippen LogP contribution in [0.3, 0.4) is 0 Å². The third kappa shape index (κ3) is 3.67. The van der Waals surface area contributed by atoms with Crippen LogP contribution in [0.5, 0.6) is 0 Å². The summed E-state index contributed by atoms with van der Waals surface area (Å²) in [6.07, 6.45) is 0. The van der Waals surface area contributed by atoms with Crippen LogP contribution in [-0.2, 0) is 21.5 Å². The van der Waals surface area contributed by atoms with Gasteiger partial charge in [0.05, 0.1) is 13.2 Å². The first-order valence-electron chi connectivity index (χ1n) is 6.04. The fourth-order valence-corrected chi connectivity index (χ4v) is 3.35. The van der Waals surface area contributed by atoms with Crippen molar-refractivity contribution >= 4 is 21.8 Å². The van der Waals surface area contributed by atoms with Gasteiger partial charge in [-0.1, -0.05) is 23.7 Å². The summed E-state index contributed by atoms with van der Waals surface area (Å²) in [5, 5.41) is 0.641. The first-order chi connectivity index (χ1) is 9.00. The molecule has 0 radical (unpaired) electrons. The Kier molecular flexibility index (Phi) is 4.81. The highest BCUT2D eigenvalue weighted by atomic mass is 35.5. The van der Waals surface area contributed by atoms with Crippen LogP contribution < -0.4 is 0 Å². The molecular weight excluding hydrogens is 288 g/mol. The predicted octanol–water partition coefficient (Wildman–Crippen LogP) is 1.35. The van der Waals surface area contributed by atoms with E-state index in [1.54, 1.807) is 19.2 Å². The zero-order valence-corrected chi connectivity index (χ0v) is 12.3. The van der Waals surface area contributed by atoms with Crippen molar-refractivity contribution < 1.29 is 13.2 Å². The third-order valence-electron chi connectivity index (χ3n) is 3.01. The lowest BCUT2D eigenvalue weighted by Gasteiger charge is -2.30. The van der Waals surface area contributed by atoms with Gasteiger partial charge in [-0.2, -0.15) is 17.0 Å². The molecule has 0 unspecified atom stereocenters. The first-order valence-corrected chi connectivity index (χ1v) is 7.81. The van der Waals surface area contributed by atoms with Gasteiger partial charge in [-0.3, -0.25) is 0 Å². The monoisotopic (exact) mass is 304 g/mol. The van der Waals surface area contributed by atoms with E-state index in [1.165, 1.54) is 8.61 Å². The second-order valence-corrected chi connectivity index (χ2v) is 6.87. The number of halogens is 1. The number of rotatable bonds is 4. The maximum atomic E-state index is 12.3. The molecule has 0 atom stereocenters. The van der Waals surface area contributed by atoms with Crippen molar-refractivity contribution in [1.29, 1.82) is 0 Å². The van der Waals surface area contributed by atoms with Crippen molar-refractivity contribution in [3.63, 3.8) is 0 Å². The molecule has 19 heavy (non-hydrogen) atoms. The molecule has 7 heteroatoms. The van der Waals surface area contributed by atoms with Crippen LogP contribution in [0, 0.1) is 0 Å². The van der Waals surface area contributed by atoms with Gasteiger partial charge in [0.1, 0.15) is 0 Å². The third-order valence-corrected chi connectivity index (χ3v) is 5.20. The highest BCUT2D eigenvalue weighted by Gasteiger charge is 2.28. The fraction of sp³-hybridized carbons (Fsp3) is 0.500. The Morgan fingerprint density at radius 2 is 1.84 bits per heavy atom. The molecule has 0 spiro atoms. The molecule has 1 aromatic carbocycles. The van der Waals surface area contributed by atoms with Gasteiger partial charge in [0.25, 0.3) is 10.2 Å². The molecule has 106 valence electrons. The smallest absolute Gasteiger partial charge is 0.282 e. The number of benzene rings is 1. The van der Waals surface area contributed by atoms with E-state index in [1.807, 2.05) is 12.1 Å². The molecule has 0 aromatic heterocycles. The molecule has 1 aromatic rings. The van der Waals surface area contributed by atoms with Crippen LogP contribution in [0.1, 0.15) is 5.56 Å². The van der Waals surface area contributed by atoms with E-state index in [9.17, 15) is 8.42 Å². The van der Waals surface area contributed by atoms with E-state index in [-0.39, 0.29) is 0 Å². The average Bonchev–Trinajstić information content (AvgIpc) is 2.42. The van der Waals surface area contributed by atoms with Crippen molar-refractivity contribution in [2.45, 2.75) is 6.54 Å². The van der Waals surface area contributed by atoms with Gasteiger partial charge in [0.2, 0.25) is 0 Å². The molecule has 1 aliphatic heterocycles. The molecule has 0 aliphatic carbocycles. The Morgan fingerprint density at radius 3 is 2.42 bits per heavy atom. The van der Waals surface area contributed by atoms with E-state index in [0.29, 0.717) is 37.9 Å². The molecule has 1 heterocycles. The molecule has 1 saturated heterocycles. The number of ether oxygens (including phenoxy) is 1. The molecule has 5 nitrogen and oxygen atoms in total. The summed E-state index contributed by atoms with van der Waals surface area (Å²) in [4.78, 5) is 0. The van der Waals surface area contributed by atoms with Crippen LogP contribution in [-0.4, -0.2) is 50.4 Å². The van der Waals surface area contributed by atoms with Gasteiger partial charge >= 0.3 is 0 Å². The topological polar surface area (TPSA) is 49.9 Å². The van der Waals surface area contributed by atoms with Crippen molar-refractivity contribution in [2.75, 3.05) is 33.4 Å². The van der Waals surface area contributed by atoms with Crippen LogP contribution in [0.15, 0.2) is 24.3 Å². The number of nitrogens with zero attached hydrogens (tertiary/aromatic N) is 2. The molecule has 0 saturated carbocycles. The van der Waals surface area contributed by atoms with Crippen molar-refractivity contribution in [2.24, 2.45) is 0 Å². The number of morpholine rings is 1. The lowest BCUT2D eigenvalue weighted by Crippen LogP contribution is -2.47. The molecule has 0 amide bonds. The normalized spacial score (nSPS) is 17.8. The standard InChI is InChI=1S/C12H17ClN2O3S/c1-14(10-11-2-4-12(13)5-3-11)19(16,17)15-6-8-18-9-7-15/h2-5H,6-10H2,1H3. The zero-order valence-electron chi connectivity index (χ0n) is 10.8. The van der Waals surface area contributed by atoms with Crippen molar-refractivity contribution in [3.05, 3.63) is 34.9 Å². The minimum absolute atomic E-state index is 0.330. The summed E-state index contributed by atoms with van der Waals surface area (Å²) in [6, 6.07) is 7.17. The van der Waals surface area contributed by atoms with Gasteiger partial charge in [-0.15, -0.1) is 0 Å². The highest BCUT2D eigenvalue weighted by Crippen LogP contribution is 2.15. The summed E-state index contributed by atoms with van der Waals surface area (Å²) >= 11 is 5.81. The summed E-state index contributed by atoms with van der Waals surface area (Å²) in [5.74, 6) is 0. The fourth-order valence-electron chi connectivity index (χ4n) is 1.90. The Morgan fingerprint density at radius 1 is 1.26 bits per heavy atom. The van der Waals surface area contributed by atoms with Gasteiger partial charge in [0, 0.05) is 31.7 Å². The van der Waals surface area contributed by atoms with Crippen LogP contribution in [0.4, 0.5) is 0 Å². The SMILES string of the molecule is CN(Cc1ccc(Cl)cc1)S(=O)(=O)N1CCOCC1. The predicted molar refractivity (Wildman–Crippen MR) is 74.2 cm³/mol. The lowest BCUT2D eigenvalue weighted by molar-refractivity contribution is 0.0705. The minimum atomic E-state index is -3.42. The van der Waals surface area contributed by atoms with Gasteiger partial charge < -0.3 is 4.74 Å². The second kappa shape index (κ2) is 6.19. The number of hydrogen-bond acceptors (Lipinski definition) is 3. The van der Waals surface area contributed by atoms with Gasteiger partial charge in [-0.25, -0.2) is 0 Å². The maximum absolute atomic E-state index is 12.3. The Bertz CT molecular complexity index is 512. The molecule has 2 rings (SSSR count). The quantitative estimate of drug-likeness (QED) is 0.844. The minimum Gasteiger partial charge on any atom is -0.379 e.